The second kappa shape index (κ2) is 5.51. The standard InChI is InChI=1S/C15H21N3O/c16-15(18-8-4-1-5-9-18)17-11-13-10-12-6-2-3-7-14(12)19-13/h2-3,6-7,13H,1,4-5,8-11H2,(H2,16,17). The van der Waals surface area contributed by atoms with Crippen molar-refractivity contribution in [2.75, 3.05) is 19.6 Å². The molecule has 1 aromatic carbocycles. The number of nitrogens with two attached hydrogens (primary N) is 1. The Morgan fingerprint density at radius 1 is 1.26 bits per heavy atom. The van der Waals surface area contributed by atoms with E-state index in [4.69, 9.17) is 10.5 Å². The molecular formula is C15H21N3O. The second-order valence-electron chi connectivity index (χ2n) is 5.30. The number of likely N-dealkylation sites (tertiary alicyclic amines) is 1. The monoisotopic (exact) mass is 259 g/mol. The lowest BCUT2D eigenvalue weighted by molar-refractivity contribution is 0.240. The zero-order valence-corrected chi connectivity index (χ0v) is 11.2. The molecule has 2 aliphatic rings. The number of rotatable bonds is 2. The average molecular weight is 259 g/mol. The van der Waals surface area contributed by atoms with Crippen molar-refractivity contribution in [2.45, 2.75) is 31.8 Å². The number of benzene rings is 1. The van der Waals surface area contributed by atoms with E-state index in [0.717, 1.165) is 25.3 Å². The molecule has 0 spiro atoms. The van der Waals surface area contributed by atoms with Crippen LogP contribution in [0.1, 0.15) is 24.8 Å². The lowest BCUT2D eigenvalue weighted by Gasteiger charge is -2.27. The van der Waals surface area contributed by atoms with Crippen molar-refractivity contribution >= 4 is 5.96 Å². The van der Waals surface area contributed by atoms with Gasteiger partial charge in [0.05, 0.1) is 6.54 Å². The number of hydrogen-bond donors (Lipinski definition) is 1. The molecule has 1 atom stereocenters. The maximum Gasteiger partial charge on any atom is 0.191 e. The molecule has 0 saturated carbocycles. The summed E-state index contributed by atoms with van der Waals surface area (Å²) in [6, 6.07) is 8.20. The van der Waals surface area contributed by atoms with Gasteiger partial charge in [-0.1, -0.05) is 18.2 Å². The number of ether oxygens (including phenoxy) is 1. The highest BCUT2D eigenvalue weighted by Crippen LogP contribution is 2.28. The average Bonchev–Trinajstić information content (AvgIpc) is 2.88. The summed E-state index contributed by atoms with van der Waals surface area (Å²) in [5.74, 6) is 1.68. The molecule has 102 valence electrons. The van der Waals surface area contributed by atoms with Gasteiger partial charge in [0.1, 0.15) is 11.9 Å². The van der Waals surface area contributed by atoms with Gasteiger partial charge in [-0.15, -0.1) is 0 Å². The zero-order chi connectivity index (χ0) is 13.1. The maximum absolute atomic E-state index is 6.05. The lowest BCUT2D eigenvalue weighted by atomic mass is 10.1. The van der Waals surface area contributed by atoms with E-state index in [0.29, 0.717) is 12.5 Å². The van der Waals surface area contributed by atoms with E-state index in [-0.39, 0.29) is 6.10 Å². The molecule has 1 aromatic rings. The van der Waals surface area contributed by atoms with Gasteiger partial charge in [0.2, 0.25) is 0 Å². The molecule has 4 nitrogen and oxygen atoms in total. The highest BCUT2D eigenvalue weighted by molar-refractivity contribution is 5.78. The van der Waals surface area contributed by atoms with Crippen LogP contribution in [-0.4, -0.2) is 36.6 Å². The highest BCUT2D eigenvalue weighted by atomic mass is 16.5. The SMILES string of the molecule is NC(=NCC1Cc2ccccc2O1)N1CCCCC1. The van der Waals surface area contributed by atoms with Crippen LogP contribution in [0.15, 0.2) is 29.3 Å². The van der Waals surface area contributed by atoms with Gasteiger partial charge in [-0.25, -0.2) is 4.99 Å². The summed E-state index contributed by atoms with van der Waals surface area (Å²) >= 11 is 0. The van der Waals surface area contributed by atoms with Crippen LogP contribution in [-0.2, 0) is 6.42 Å². The van der Waals surface area contributed by atoms with Crippen LogP contribution in [0.5, 0.6) is 5.75 Å². The number of piperidine rings is 1. The molecule has 2 heterocycles. The molecule has 4 heteroatoms. The van der Waals surface area contributed by atoms with Crippen LogP contribution in [0.2, 0.25) is 0 Å². The normalized spacial score (nSPS) is 23.1. The largest absolute Gasteiger partial charge is 0.488 e. The first-order valence-corrected chi connectivity index (χ1v) is 7.12. The quantitative estimate of drug-likeness (QED) is 0.651. The zero-order valence-electron chi connectivity index (χ0n) is 11.2. The molecule has 1 unspecified atom stereocenters. The Balaban J connectivity index is 1.55. The van der Waals surface area contributed by atoms with Crippen molar-refractivity contribution in [2.24, 2.45) is 10.7 Å². The van der Waals surface area contributed by atoms with Crippen molar-refractivity contribution in [1.82, 2.24) is 4.90 Å². The summed E-state index contributed by atoms with van der Waals surface area (Å²) < 4.78 is 5.86. The van der Waals surface area contributed by atoms with Crippen LogP contribution in [0, 0.1) is 0 Å². The number of hydrogen-bond acceptors (Lipinski definition) is 2. The molecule has 3 rings (SSSR count). The number of guanidine groups is 1. The minimum absolute atomic E-state index is 0.140. The minimum atomic E-state index is 0.140. The van der Waals surface area contributed by atoms with Crippen molar-refractivity contribution < 1.29 is 4.74 Å². The molecule has 0 aromatic heterocycles. The van der Waals surface area contributed by atoms with Gasteiger partial charge >= 0.3 is 0 Å². The summed E-state index contributed by atoms with van der Waals surface area (Å²) in [6.07, 6.45) is 4.83. The van der Waals surface area contributed by atoms with Crippen LogP contribution >= 0.6 is 0 Å². The highest BCUT2D eigenvalue weighted by Gasteiger charge is 2.22. The van der Waals surface area contributed by atoms with Crippen molar-refractivity contribution in [1.29, 1.82) is 0 Å². The van der Waals surface area contributed by atoms with E-state index < -0.39 is 0 Å². The van der Waals surface area contributed by atoms with E-state index in [1.807, 2.05) is 12.1 Å². The third-order valence-electron chi connectivity index (χ3n) is 3.85. The number of nitrogens with zero attached hydrogens (tertiary/aromatic N) is 2. The summed E-state index contributed by atoms with van der Waals surface area (Å²) in [5, 5.41) is 0. The molecule has 0 radical (unpaired) electrons. The fraction of sp³-hybridized carbons (Fsp3) is 0.533. The van der Waals surface area contributed by atoms with Crippen molar-refractivity contribution in [3.05, 3.63) is 29.8 Å². The Morgan fingerprint density at radius 3 is 2.84 bits per heavy atom. The Kier molecular flexibility index (Phi) is 3.58. The molecule has 1 saturated heterocycles. The predicted octanol–water partition coefficient (Wildman–Crippen LogP) is 1.79. The molecule has 0 bridgehead atoms. The van der Waals surface area contributed by atoms with E-state index in [9.17, 15) is 0 Å². The van der Waals surface area contributed by atoms with Crippen LogP contribution in [0.4, 0.5) is 0 Å². The van der Waals surface area contributed by atoms with Gasteiger partial charge in [-0.2, -0.15) is 0 Å². The fourth-order valence-corrected chi connectivity index (χ4v) is 2.77. The van der Waals surface area contributed by atoms with Gasteiger partial charge in [0.25, 0.3) is 0 Å². The number of fused-ring (bicyclic) bond motifs is 1. The van der Waals surface area contributed by atoms with Crippen LogP contribution in [0.3, 0.4) is 0 Å². The van der Waals surface area contributed by atoms with Crippen molar-refractivity contribution in [3.8, 4) is 5.75 Å². The van der Waals surface area contributed by atoms with Gasteiger partial charge < -0.3 is 15.4 Å². The first-order chi connectivity index (χ1) is 9.33. The third-order valence-corrected chi connectivity index (χ3v) is 3.85. The van der Waals surface area contributed by atoms with E-state index in [1.54, 1.807) is 0 Å². The molecule has 1 fully saturated rings. The first kappa shape index (κ1) is 12.3. The number of para-hydroxylation sites is 1. The van der Waals surface area contributed by atoms with Gasteiger partial charge in [-0.05, 0) is 30.9 Å². The molecule has 2 aliphatic heterocycles. The topological polar surface area (TPSA) is 50.9 Å². The summed E-state index contributed by atoms with van der Waals surface area (Å²) in [6.45, 7) is 2.74. The predicted molar refractivity (Wildman–Crippen MR) is 76.5 cm³/mol. The summed E-state index contributed by atoms with van der Waals surface area (Å²) in [7, 11) is 0. The molecular weight excluding hydrogens is 238 g/mol. The third kappa shape index (κ3) is 2.83. The van der Waals surface area contributed by atoms with Gasteiger partial charge in [-0.3, -0.25) is 0 Å². The summed E-state index contributed by atoms with van der Waals surface area (Å²) in [5.41, 5.74) is 7.33. The minimum Gasteiger partial charge on any atom is -0.488 e. The molecule has 2 N–H and O–H groups in total. The van der Waals surface area contributed by atoms with E-state index in [2.05, 4.69) is 22.0 Å². The fourth-order valence-electron chi connectivity index (χ4n) is 2.77. The number of aliphatic imine (C=N–C) groups is 1. The van der Waals surface area contributed by atoms with Crippen LogP contribution in [0.25, 0.3) is 0 Å². The van der Waals surface area contributed by atoms with Gasteiger partial charge in [0, 0.05) is 19.5 Å². The Labute approximate surface area is 114 Å². The van der Waals surface area contributed by atoms with E-state index in [1.165, 1.54) is 24.8 Å². The molecule has 0 amide bonds. The Hall–Kier alpha value is -1.71. The lowest BCUT2D eigenvalue weighted by Crippen LogP contribution is -2.41. The Bertz CT molecular complexity index is 441. The summed E-state index contributed by atoms with van der Waals surface area (Å²) in [4.78, 5) is 6.69. The smallest absolute Gasteiger partial charge is 0.191 e. The van der Waals surface area contributed by atoms with Crippen LogP contribution < -0.4 is 10.5 Å². The van der Waals surface area contributed by atoms with Gasteiger partial charge in [0.15, 0.2) is 5.96 Å². The first-order valence-electron chi connectivity index (χ1n) is 7.12. The van der Waals surface area contributed by atoms with Crippen molar-refractivity contribution in [3.63, 3.8) is 0 Å². The maximum atomic E-state index is 6.05. The van der Waals surface area contributed by atoms with E-state index >= 15 is 0 Å². The molecule has 19 heavy (non-hydrogen) atoms. The second-order valence-corrected chi connectivity index (χ2v) is 5.30. The Morgan fingerprint density at radius 2 is 2.05 bits per heavy atom. The molecule has 0 aliphatic carbocycles.